The van der Waals surface area contributed by atoms with Crippen LogP contribution in [0.15, 0.2) is 48.5 Å². The number of rotatable bonds is 8. The topological polar surface area (TPSA) is 84.9 Å². The molecule has 0 bridgehead atoms. The lowest BCUT2D eigenvalue weighted by atomic mass is 10.1. The lowest BCUT2D eigenvalue weighted by Gasteiger charge is -2.22. The number of esters is 1. The maximum atomic E-state index is 13.0. The number of nitrogens with zero attached hydrogens (tertiary/aromatic N) is 1. The molecule has 0 aliphatic rings. The fourth-order valence-corrected chi connectivity index (χ4v) is 2.50. The highest BCUT2D eigenvalue weighted by Crippen LogP contribution is 2.21. The van der Waals surface area contributed by atoms with Crippen molar-refractivity contribution in [1.82, 2.24) is 5.32 Å². The zero-order valence-electron chi connectivity index (χ0n) is 15.6. The van der Waals surface area contributed by atoms with Crippen LogP contribution in [0.2, 0.25) is 5.02 Å². The van der Waals surface area contributed by atoms with Gasteiger partial charge in [0.15, 0.2) is 0 Å². The molecule has 0 atom stereocenters. The normalized spacial score (nSPS) is 10.1. The minimum Gasteiger partial charge on any atom is -0.497 e. The van der Waals surface area contributed by atoms with Gasteiger partial charge in [-0.15, -0.1) is 0 Å². The number of methoxy groups -OCH3 is 1. The van der Waals surface area contributed by atoms with Crippen LogP contribution < -0.4 is 15.0 Å². The molecule has 7 nitrogen and oxygen atoms in total. The van der Waals surface area contributed by atoms with Crippen LogP contribution in [0.1, 0.15) is 17.3 Å². The first-order chi connectivity index (χ1) is 13.4. The van der Waals surface area contributed by atoms with Crippen LogP contribution in [-0.4, -0.2) is 44.6 Å². The highest BCUT2D eigenvalue weighted by atomic mass is 35.5. The van der Waals surface area contributed by atoms with E-state index in [0.29, 0.717) is 22.0 Å². The third-order valence-electron chi connectivity index (χ3n) is 3.76. The Labute approximate surface area is 168 Å². The molecule has 0 heterocycles. The van der Waals surface area contributed by atoms with Crippen molar-refractivity contribution in [1.29, 1.82) is 0 Å². The molecule has 0 radical (unpaired) electrons. The van der Waals surface area contributed by atoms with Gasteiger partial charge in [-0.05, 0) is 55.5 Å². The number of hydrogen-bond donors (Lipinski definition) is 1. The van der Waals surface area contributed by atoms with Crippen molar-refractivity contribution in [2.24, 2.45) is 0 Å². The second-order valence-corrected chi connectivity index (χ2v) is 6.11. The van der Waals surface area contributed by atoms with E-state index in [4.69, 9.17) is 21.1 Å². The second kappa shape index (κ2) is 10.3. The van der Waals surface area contributed by atoms with Crippen LogP contribution in [0.4, 0.5) is 5.69 Å². The van der Waals surface area contributed by atoms with E-state index in [1.807, 2.05) is 0 Å². The Bertz CT molecular complexity index is 821. The van der Waals surface area contributed by atoms with Gasteiger partial charge in [0.2, 0.25) is 5.91 Å². The van der Waals surface area contributed by atoms with Gasteiger partial charge < -0.3 is 14.8 Å². The fraction of sp³-hybridized carbons (Fsp3) is 0.250. The van der Waals surface area contributed by atoms with E-state index in [0.717, 1.165) is 0 Å². The number of anilines is 1. The van der Waals surface area contributed by atoms with Crippen molar-refractivity contribution in [3.63, 3.8) is 0 Å². The van der Waals surface area contributed by atoms with Gasteiger partial charge in [-0.3, -0.25) is 19.3 Å². The van der Waals surface area contributed by atoms with E-state index in [1.165, 1.54) is 12.0 Å². The Kier molecular flexibility index (Phi) is 7.83. The number of carbonyl (C=O) groups is 3. The number of carbonyl (C=O) groups excluding carboxylic acids is 3. The zero-order chi connectivity index (χ0) is 20.5. The maximum absolute atomic E-state index is 13.0. The van der Waals surface area contributed by atoms with Gasteiger partial charge in [-0.1, -0.05) is 11.6 Å². The van der Waals surface area contributed by atoms with Gasteiger partial charge in [-0.2, -0.15) is 0 Å². The van der Waals surface area contributed by atoms with Crippen LogP contribution in [0.3, 0.4) is 0 Å². The monoisotopic (exact) mass is 404 g/mol. The van der Waals surface area contributed by atoms with Crippen molar-refractivity contribution >= 4 is 35.1 Å². The van der Waals surface area contributed by atoms with Crippen molar-refractivity contribution in [2.75, 3.05) is 31.7 Å². The highest BCUT2D eigenvalue weighted by Gasteiger charge is 2.21. The number of ether oxygens (including phenoxy) is 2. The Balaban J connectivity index is 2.20. The third-order valence-corrected chi connectivity index (χ3v) is 4.01. The Morgan fingerprint density at radius 1 is 1.04 bits per heavy atom. The first-order valence-corrected chi connectivity index (χ1v) is 8.96. The van der Waals surface area contributed by atoms with E-state index in [-0.39, 0.29) is 25.6 Å². The summed E-state index contributed by atoms with van der Waals surface area (Å²) in [6.45, 7) is 1.36. The lowest BCUT2D eigenvalue weighted by molar-refractivity contribution is -0.143. The zero-order valence-corrected chi connectivity index (χ0v) is 16.4. The van der Waals surface area contributed by atoms with E-state index in [9.17, 15) is 14.4 Å². The van der Waals surface area contributed by atoms with Gasteiger partial charge in [0.25, 0.3) is 5.91 Å². The van der Waals surface area contributed by atoms with Crippen molar-refractivity contribution < 1.29 is 23.9 Å². The Morgan fingerprint density at radius 2 is 1.68 bits per heavy atom. The molecule has 0 aliphatic carbocycles. The summed E-state index contributed by atoms with van der Waals surface area (Å²) in [6, 6.07) is 13.1. The number of amides is 2. The molecule has 148 valence electrons. The average molecular weight is 405 g/mol. The van der Waals surface area contributed by atoms with Gasteiger partial charge in [-0.25, -0.2) is 0 Å². The van der Waals surface area contributed by atoms with Gasteiger partial charge in [0.1, 0.15) is 18.8 Å². The van der Waals surface area contributed by atoms with E-state index < -0.39 is 11.9 Å². The minimum absolute atomic E-state index is 0.224. The van der Waals surface area contributed by atoms with Gasteiger partial charge in [0.05, 0.1) is 13.7 Å². The van der Waals surface area contributed by atoms with Crippen LogP contribution in [-0.2, 0) is 14.3 Å². The average Bonchev–Trinajstić information content (AvgIpc) is 2.71. The lowest BCUT2D eigenvalue weighted by Crippen LogP contribution is -2.42. The predicted molar refractivity (Wildman–Crippen MR) is 106 cm³/mol. The summed E-state index contributed by atoms with van der Waals surface area (Å²) in [5, 5.41) is 2.95. The number of nitrogens with one attached hydrogen (secondary N) is 1. The number of hydrogen-bond acceptors (Lipinski definition) is 5. The van der Waals surface area contributed by atoms with Gasteiger partial charge >= 0.3 is 5.97 Å². The molecule has 1 N–H and O–H groups in total. The molecule has 0 aliphatic heterocycles. The first-order valence-electron chi connectivity index (χ1n) is 8.58. The molecule has 0 unspecified atom stereocenters. The van der Waals surface area contributed by atoms with Crippen LogP contribution in [0.5, 0.6) is 5.75 Å². The third kappa shape index (κ3) is 5.99. The standard InChI is InChI=1S/C20H21ClN2O5/c1-3-28-19(25)12-22-18(24)13-23(16-8-10-17(27-2)11-9-16)20(26)14-4-6-15(21)7-5-14/h4-11H,3,12-13H2,1-2H3,(H,22,24). The van der Waals surface area contributed by atoms with E-state index >= 15 is 0 Å². The maximum Gasteiger partial charge on any atom is 0.325 e. The van der Waals surface area contributed by atoms with Crippen LogP contribution in [0.25, 0.3) is 0 Å². The Hall–Kier alpha value is -3.06. The largest absolute Gasteiger partial charge is 0.497 e. The van der Waals surface area contributed by atoms with Crippen LogP contribution in [0, 0.1) is 0 Å². The molecule has 0 saturated carbocycles. The van der Waals surface area contributed by atoms with Crippen molar-refractivity contribution in [3.05, 3.63) is 59.1 Å². The molecule has 0 aromatic heterocycles. The summed E-state index contributed by atoms with van der Waals surface area (Å²) < 4.78 is 9.90. The molecule has 2 rings (SSSR count). The summed E-state index contributed by atoms with van der Waals surface area (Å²) >= 11 is 5.88. The predicted octanol–water partition coefficient (Wildman–Crippen LogP) is 2.67. The smallest absolute Gasteiger partial charge is 0.325 e. The molecular weight excluding hydrogens is 384 g/mol. The minimum atomic E-state index is -0.545. The van der Waals surface area contributed by atoms with E-state index in [1.54, 1.807) is 55.5 Å². The molecule has 2 aromatic rings. The summed E-state index contributed by atoms with van der Waals surface area (Å²) in [5.41, 5.74) is 0.880. The number of halogens is 1. The van der Waals surface area contributed by atoms with E-state index in [2.05, 4.69) is 5.32 Å². The molecule has 0 saturated heterocycles. The Morgan fingerprint density at radius 3 is 2.25 bits per heavy atom. The number of benzene rings is 2. The first kappa shape index (κ1) is 21.2. The summed E-state index contributed by atoms with van der Waals surface area (Å²) in [6.07, 6.45) is 0. The van der Waals surface area contributed by atoms with Crippen LogP contribution >= 0.6 is 11.6 Å². The summed E-state index contributed by atoms with van der Waals surface area (Å²) in [4.78, 5) is 38.0. The quantitative estimate of drug-likeness (QED) is 0.684. The molecule has 0 fully saturated rings. The molecule has 2 aromatic carbocycles. The highest BCUT2D eigenvalue weighted by molar-refractivity contribution is 6.30. The second-order valence-electron chi connectivity index (χ2n) is 5.68. The van der Waals surface area contributed by atoms with Crippen molar-refractivity contribution in [3.8, 4) is 5.75 Å². The molecular formula is C20H21ClN2O5. The van der Waals surface area contributed by atoms with Crippen molar-refractivity contribution in [2.45, 2.75) is 6.92 Å². The summed E-state index contributed by atoms with van der Waals surface area (Å²) in [5.74, 6) is -0.801. The SMILES string of the molecule is CCOC(=O)CNC(=O)CN(C(=O)c1ccc(Cl)cc1)c1ccc(OC)cc1. The van der Waals surface area contributed by atoms with Gasteiger partial charge in [0, 0.05) is 16.3 Å². The molecule has 0 spiro atoms. The summed E-state index contributed by atoms with van der Waals surface area (Å²) in [7, 11) is 1.54. The molecule has 2 amide bonds. The molecule has 28 heavy (non-hydrogen) atoms. The fourth-order valence-electron chi connectivity index (χ4n) is 2.37. The molecule has 8 heteroatoms.